The van der Waals surface area contributed by atoms with E-state index in [0.717, 1.165) is 39.1 Å². The van der Waals surface area contributed by atoms with Gasteiger partial charge in [-0.25, -0.2) is 0 Å². The van der Waals surface area contributed by atoms with Crippen LogP contribution in [0.1, 0.15) is 33.6 Å². The van der Waals surface area contributed by atoms with Crippen molar-refractivity contribution >= 4 is 5.91 Å². The van der Waals surface area contributed by atoms with Crippen LogP contribution in [-0.2, 0) is 9.53 Å². The van der Waals surface area contributed by atoms with E-state index in [9.17, 15) is 4.79 Å². The second-order valence-electron chi connectivity index (χ2n) is 4.57. The van der Waals surface area contributed by atoms with Gasteiger partial charge < -0.3 is 15.0 Å². The number of hydrogen-bond acceptors (Lipinski definition) is 3. The van der Waals surface area contributed by atoms with Crippen molar-refractivity contribution in [1.82, 2.24) is 10.2 Å². The molecule has 0 bridgehead atoms. The molecule has 16 heavy (non-hydrogen) atoms. The fourth-order valence-corrected chi connectivity index (χ4v) is 2.10. The van der Waals surface area contributed by atoms with Crippen molar-refractivity contribution in [2.45, 2.75) is 39.2 Å². The molecule has 0 radical (unpaired) electrons. The highest BCUT2D eigenvalue weighted by atomic mass is 16.5. The SMILES string of the molecule is CCN(CC)C(=O)CNCC1(C)CCCO1. The van der Waals surface area contributed by atoms with Crippen LogP contribution in [0.3, 0.4) is 0 Å². The van der Waals surface area contributed by atoms with E-state index < -0.39 is 0 Å². The van der Waals surface area contributed by atoms with Gasteiger partial charge in [0.05, 0.1) is 12.1 Å². The molecular weight excluding hydrogens is 204 g/mol. The minimum absolute atomic E-state index is 0.0659. The molecule has 1 fully saturated rings. The summed E-state index contributed by atoms with van der Waals surface area (Å²) in [7, 11) is 0. The summed E-state index contributed by atoms with van der Waals surface area (Å²) in [5.74, 6) is 0.173. The average molecular weight is 228 g/mol. The highest BCUT2D eigenvalue weighted by Gasteiger charge is 2.29. The molecule has 1 amide bonds. The molecule has 0 aromatic rings. The van der Waals surface area contributed by atoms with Crippen LogP contribution in [0.2, 0.25) is 0 Å². The maximum atomic E-state index is 11.7. The topological polar surface area (TPSA) is 41.6 Å². The van der Waals surface area contributed by atoms with Crippen LogP contribution in [0.15, 0.2) is 0 Å². The number of nitrogens with zero attached hydrogens (tertiary/aromatic N) is 1. The molecule has 4 nitrogen and oxygen atoms in total. The van der Waals surface area contributed by atoms with Crippen LogP contribution in [0.4, 0.5) is 0 Å². The average Bonchev–Trinajstić information content (AvgIpc) is 2.67. The van der Waals surface area contributed by atoms with Crippen molar-refractivity contribution in [1.29, 1.82) is 0 Å². The van der Waals surface area contributed by atoms with Crippen LogP contribution in [0.5, 0.6) is 0 Å². The molecule has 0 aliphatic carbocycles. The summed E-state index contributed by atoms with van der Waals surface area (Å²) in [6.45, 7) is 9.71. The fraction of sp³-hybridized carbons (Fsp3) is 0.917. The summed E-state index contributed by atoms with van der Waals surface area (Å²) in [5.41, 5.74) is -0.0659. The molecule has 1 atom stereocenters. The lowest BCUT2D eigenvalue weighted by Crippen LogP contribution is -2.43. The van der Waals surface area contributed by atoms with E-state index in [1.807, 2.05) is 18.7 Å². The van der Waals surface area contributed by atoms with Crippen molar-refractivity contribution in [2.24, 2.45) is 0 Å². The lowest BCUT2D eigenvalue weighted by molar-refractivity contribution is -0.130. The lowest BCUT2D eigenvalue weighted by atomic mass is 10.0. The molecule has 1 rings (SSSR count). The van der Waals surface area contributed by atoms with Gasteiger partial charge in [0.2, 0.25) is 5.91 Å². The van der Waals surface area contributed by atoms with Crippen LogP contribution in [-0.4, -0.2) is 49.2 Å². The maximum absolute atomic E-state index is 11.7. The second-order valence-corrected chi connectivity index (χ2v) is 4.57. The first-order chi connectivity index (χ1) is 7.61. The van der Waals surface area contributed by atoms with Gasteiger partial charge in [-0.3, -0.25) is 4.79 Å². The van der Waals surface area contributed by atoms with Crippen molar-refractivity contribution in [2.75, 3.05) is 32.8 Å². The Morgan fingerprint density at radius 3 is 2.62 bits per heavy atom. The van der Waals surface area contributed by atoms with Gasteiger partial charge in [0, 0.05) is 26.2 Å². The number of carbonyl (C=O) groups is 1. The third-order valence-electron chi connectivity index (χ3n) is 3.19. The zero-order valence-corrected chi connectivity index (χ0v) is 10.7. The van der Waals surface area contributed by atoms with Gasteiger partial charge in [0.25, 0.3) is 0 Å². The number of hydrogen-bond donors (Lipinski definition) is 1. The van der Waals surface area contributed by atoms with Gasteiger partial charge in [-0.1, -0.05) is 0 Å². The molecule has 1 aliphatic heterocycles. The monoisotopic (exact) mass is 228 g/mol. The Bertz CT molecular complexity index is 221. The van der Waals surface area contributed by atoms with Crippen molar-refractivity contribution in [3.05, 3.63) is 0 Å². The van der Waals surface area contributed by atoms with Gasteiger partial charge in [0.15, 0.2) is 0 Å². The predicted octanol–water partition coefficient (Wildman–Crippen LogP) is 1.01. The fourth-order valence-electron chi connectivity index (χ4n) is 2.10. The largest absolute Gasteiger partial charge is 0.374 e. The molecule has 1 N–H and O–H groups in total. The maximum Gasteiger partial charge on any atom is 0.236 e. The lowest BCUT2D eigenvalue weighted by Gasteiger charge is -2.24. The summed E-state index contributed by atoms with van der Waals surface area (Å²) in [6.07, 6.45) is 2.21. The Morgan fingerprint density at radius 2 is 2.12 bits per heavy atom. The number of carbonyl (C=O) groups excluding carboxylic acids is 1. The molecule has 0 aromatic carbocycles. The Morgan fingerprint density at radius 1 is 1.44 bits per heavy atom. The normalized spacial score (nSPS) is 24.7. The molecule has 0 aromatic heterocycles. The minimum atomic E-state index is -0.0659. The standard InChI is InChI=1S/C12H24N2O2/c1-4-14(5-2)11(15)9-13-10-12(3)7-6-8-16-12/h13H,4-10H2,1-3H3. The molecule has 94 valence electrons. The Balaban J connectivity index is 2.21. The molecular formula is C12H24N2O2. The van der Waals surface area contributed by atoms with E-state index in [2.05, 4.69) is 12.2 Å². The predicted molar refractivity (Wildman–Crippen MR) is 64.4 cm³/mol. The summed E-state index contributed by atoms with van der Waals surface area (Å²) < 4.78 is 5.65. The third-order valence-corrected chi connectivity index (χ3v) is 3.19. The molecule has 1 heterocycles. The first-order valence-electron chi connectivity index (χ1n) is 6.23. The van der Waals surface area contributed by atoms with Crippen LogP contribution < -0.4 is 5.32 Å². The van der Waals surface area contributed by atoms with Crippen LogP contribution in [0.25, 0.3) is 0 Å². The van der Waals surface area contributed by atoms with E-state index in [-0.39, 0.29) is 11.5 Å². The molecule has 1 unspecified atom stereocenters. The zero-order chi connectivity index (χ0) is 12.0. The number of ether oxygens (including phenoxy) is 1. The molecule has 1 saturated heterocycles. The Kier molecular flexibility index (Phi) is 5.22. The summed E-state index contributed by atoms with van der Waals surface area (Å²) in [4.78, 5) is 13.5. The van der Waals surface area contributed by atoms with E-state index in [4.69, 9.17) is 4.74 Å². The van der Waals surface area contributed by atoms with Crippen LogP contribution in [0, 0.1) is 0 Å². The highest BCUT2D eigenvalue weighted by Crippen LogP contribution is 2.23. The number of likely N-dealkylation sites (N-methyl/N-ethyl adjacent to an activating group) is 1. The minimum Gasteiger partial charge on any atom is -0.374 e. The summed E-state index contributed by atoms with van der Waals surface area (Å²) >= 11 is 0. The molecule has 0 saturated carbocycles. The van der Waals surface area contributed by atoms with Gasteiger partial charge in [0.1, 0.15) is 0 Å². The van der Waals surface area contributed by atoms with Crippen LogP contribution >= 0.6 is 0 Å². The van der Waals surface area contributed by atoms with E-state index in [0.29, 0.717) is 6.54 Å². The number of nitrogens with one attached hydrogen (secondary N) is 1. The highest BCUT2D eigenvalue weighted by molar-refractivity contribution is 5.78. The second kappa shape index (κ2) is 6.21. The molecule has 0 spiro atoms. The van der Waals surface area contributed by atoms with Gasteiger partial charge in [-0.05, 0) is 33.6 Å². The van der Waals surface area contributed by atoms with Gasteiger partial charge >= 0.3 is 0 Å². The van der Waals surface area contributed by atoms with Gasteiger partial charge in [-0.2, -0.15) is 0 Å². The van der Waals surface area contributed by atoms with Crippen molar-refractivity contribution in [3.8, 4) is 0 Å². The first kappa shape index (κ1) is 13.5. The third kappa shape index (κ3) is 3.76. The zero-order valence-electron chi connectivity index (χ0n) is 10.7. The van der Waals surface area contributed by atoms with E-state index >= 15 is 0 Å². The summed E-state index contributed by atoms with van der Waals surface area (Å²) in [6, 6.07) is 0. The van der Waals surface area contributed by atoms with E-state index in [1.54, 1.807) is 0 Å². The smallest absolute Gasteiger partial charge is 0.236 e. The Labute approximate surface area is 98.3 Å². The Hall–Kier alpha value is -0.610. The van der Waals surface area contributed by atoms with Crippen molar-refractivity contribution in [3.63, 3.8) is 0 Å². The van der Waals surface area contributed by atoms with Crippen molar-refractivity contribution < 1.29 is 9.53 Å². The van der Waals surface area contributed by atoms with Gasteiger partial charge in [-0.15, -0.1) is 0 Å². The quantitative estimate of drug-likeness (QED) is 0.738. The number of rotatable bonds is 6. The molecule has 1 aliphatic rings. The first-order valence-corrected chi connectivity index (χ1v) is 6.23. The number of amides is 1. The summed E-state index contributed by atoms with van der Waals surface area (Å²) in [5, 5.41) is 3.20. The molecule has 4 heteroatoms. The van der Waals surface area contributed by atoms with E-state index in [1.165, 1.54) is 0 Å².